The quantitative estimate of drug-likeness (QED) is 0.862. The molecule has 1 aromatic carbocycles. The molecule has 1 aromatic rings. The summed E-state index contributed by atoms with van der Waals surface area (Å²) in [6, 6.07) is 6.20. The van der Waals surface area contributed by atoms with E-state index in [-0.39, 0.29) is 16.7 Å². The molecule has 1 aliphatic heterocycles. The second-order valence-electron chi connectivity index (χ2n) is 4.69. The summed E-state index contributed by atoms with van der Waals surface area (Å²) in [7, 11) is 0. The van der Waals surface area contributed by atoms with Crippen LogP contribution in [0.25, 0.3) is 0 Å². The lowest BCUT2D eigenvalue weighted by atomic mass is 10.2. The Morgan fingerprint density at radius 3 is 2.62 bits per heavy atom. The number of hydrogen-bond acceptors (Lipinski definition) is 4. The van der Waals surface area contributed by atoms with E-state index in [1.54, 1.807) is 12.1 Å². The Balaban J connectivity index is 1.92. The highest BCUT2D eigenvalue weighted by Crippen LogP contribution is 2.36. The zero-order valence-corrected chi connectivity index (χ0v) is 11.9. The fraction of sp³-hybridized carbons (Fsp3) is 0.462. The molecule has 1 fully saturated rings. The number of primary amides is 1. The smallest absolute Gasteiger partial charge is 0.367 e. The van der Waals surface area contributed by atoms with Gasteiger partial charge in [0.05, 0.1) is 6.61 Å². The molecule has 21 heavy (non-hydrogen) atoms. The van der Waals surface area contributed by atoms with Gasteiger partial charge in [0.2, 0.25) is 5.91 Å². The molecule has 0 aromatic heterocycles. The molecule has 2 N–H and O–H groups in total. The number of carbonyl (C=O) groups excluding carboxylic acids is 1. The molecule has 0 saturated carbocycles. The minimum Gasteiger partial charge on any atom is -0.367 e. The van der Waals surface area contributed by atoms with Crippen LogP contribution in [0.5, 0.6) is 0 Å². The van der Waals surface area contributed by atoms with Crippen molar-refractivity contribution in [2.75, 3.05) is 19.7 Å². The number of hydrogen-bond donors (Lipinski definition) is 1. The highest BCUT2D eigenvalue weighted by atomic mass is 32.2. The summed E-state index contributed by atoms with van der Waals surface area (Å²) in [4.78, 5) is 13.2. The van der Waals surface area contributed by atoms with Gasteiger partial charge in [-0.2, -0.15) is 13.2 Å². The van der Waals surface area contributed by atoms with Gasteiger partial charge >= 0.3 is 5.51 Å². The molecule has 0 aliphatic carbocycles. The van der Waals surface area contributed by atoms with E-state index >= 15 is 0 Å². The van der Waals surface area contributed by atoms with Crippen molar-refractivity contribution in [1.82, 2.24) is 4.90 Å². The van der Waals surface area contributed by atoms with Crippen molar-refractivity contribution in [2.45, 2.75) is 23.1 Å². The molecule has 1 saturated heterocycles. The summed E-state index contributed by atoms with van der Waals surface area (Å²) in [5, 5.41) is 0. The molecule has 4 nitrogen and oxygen atoms in total. The van der Waals surface area contributed by atoms with E-state index < -0.39 is 17.5 Å². The van der Waals surface area contributed by atoms with Gasteiger partial charge in [-0.05, 0) is 29.5 Å². The van der Waals surface area contributed by atoms with Gasteiger partial charge in [0, 0.05) is 24.5 Å². The first-order chi connectivity index (χ1) is 9.83. The van der Waals surface area contributed by atoms with Crippen LogP contribution in [-0.2, 0) is 16.1 Å². The molecule has 1 amide bonds. The maximum atomic E-state index is 12.2. The van der Waals surface area contributed by atoms with Crippen molar-refractivity contribution < 1.29 is 22.7 Å². The van der Waals surface area contributed by atoms with Crippen LogP contribution in [0.2, 0.25) is 0 Å². The van der Waals surface area contributed by atoms with Crippen molar-refractivity contribution >= 4 is 17.7 Å². The molecule has 1 atom stereocenters. The van der Waals surface area contributed by atoms with Crippen LogP contribution in [0.1, 0.15) is 5.56 Å². The number of benzene rings is 1. The Labute approximate surface area is 124 Å². The van der Waals surface area contributed by atoms with Gasteiger partial charge in [0.15, 0.2) is 0 Å². The normalized spacial score (nSPS) is 20.4. The number of nitrogens with zero attached hydrogens (tertiary/aromatic N) is 1. The van der Waals surface area contributed by atoms with Crippen LogP contribution in [0.15, 0.2) is 29.2 Å². The van der Waals surface area contributed by atoms with E-state index in [1.165, 1.54) is 12.1 Å². The van der Waals surface area contributed by atoms with Crippen LogP contribution in [-0.4, -0.2) is 42.1 Å². The Kier molecular flexibility index (Phi) is 5.13. The van der Waals surface area contributed by atoms with Crippen molar-refractivity contribution in [3.05, 3.63) is 29.8 Å². The van der Waals surface area contributed by atoms with E-state index in [4.69, 9.17) is 10.5 Å². The van der Waals surface area contributed by atoms with E-state index in [2.05, 4.69) is 0 Å². The van der Waals surface area contributed by atoms with Gasteiger partial charge in [-0.3, -0.25) is 9.69 Å². The van der Waals surface area contributed by atoms with Crippen LogP contribution < -0.4 is 5.73 Å². The first kappa shape index (κ1) is 16.1. The molecule has 0 unspecified atom stereocenters. The number of morpholine rings is 1. The molecule has 1 aliphatic rings. The van der Waals surface area contributed by atoms with E-state index in [0.29, 0.717) is 26.2 Å². The topological polar surface area (TPSA) is 55.6 Å². The number of thioether (sulfide) groups is 1. The minimum atomic E-state index is -4.28. The standard InChI is InChI=1S/C13H15F3N2O2S/c14-13(15,16)21-10-3-1-9(2-4-10)7-18-5-6-20-11(8-18)12(17)19/h1-4,11H,5-8H2,(H2,17,19)/t11-/m1/s1. The van der Waals surface area contributed by atoms with Gasteiger partial charge < -0.3 is 10.5 Å². The number of rotatable bonds is 4. The molecule has 116 valence electrons. The van der Waals surface area contributed by atoms with E-state index in [1.807, 2.05) is 4.90 Å². The molecule has 0 radical (unpaired) electrons. The molecule has 0 spiro atoms. The van der Waals surface area contributed by atoms with Crippen molar-refractivity contribution in [3.63, 3.8) is 0 Å². The summed E-state index contributed by atoms with van der Waals surface area (Å²) in [6.07, 6.45) is -0.626. The largest absolute Gasteiger partial charge is 0.446 e. The van der Waals surface area contributed by atoms with Gasteiger partial charge in [-0.1, -0.05) is 12.1 Å². The Bertz CT molecular complexity index is 493. The Hall–Kier alpha value is -1.25. The SMILES string of the molecule is NC(=O)[C@H]1CN(Cc2ccc(SC(F)(F)F)cc2)CCO1. The summed E-state index contributed by atoms with van der Waals surface area (Å²) in [5.41, 5.74) is 1.81. The lowest BCUT2D eigenvalue weighted by Gasteiger charge is -2.31. The molecule has 8 heteroatoms. The summed E-state index contributed by atoms with van der Waals surface area (Å²) in [5.74, 6) is -0.503. The van der Waals surface area contributed by atoms with Gasteiger partial charge in [-0.15, -0.1) is 0 Å². The van der Waals surface area contributed by atoms with Crippen LogP contribution >= 0.6 is 11.8 Å². The molecule has 0 bridgehead atoms. The lowest BCUT2D eigenvalue weighted by molar-refractivity contribution is -0.135. The van der Waals surface area contributed by atoms with Gasteiger partial charge in [-0.25, -0.2) is 0 Å². The average molecular weight is 320 g/mol. The highest BCUT2D eigenvalue weighted by Gasteiger charge is 2.29. The zero-order valence-electron chi connectivity index (χ0n) is 11.1. The van der Waals surface area contributed by atoms with Gasteiger partial charge in [0.1, 0.15) is 6.10 Å². The second kappa shape index (κ2) is 6.67. The zero-order chi connectivity index (χ0) is 15.5. The number of carbonyl (C=O) groups is 1. The fourth-order valence-electron chi connectivity index (χ4n) is 2.07. The number of alkyl halides is 3. The van der Waals surface area contributed by atoms with Crippen LogP contribution in [0.4, 0.5) is 13.2 Å². The Morgan fingerprint density at radius 2 is 2.05 bits per heavy atom. The predicted molar refractivity (Wildman–Crippen MR) is 72.6 cm³/mol. The first-order valence-electron chi connectivity index (χ1n) is 6.31. The maximum Gasteiger partial charge on any atom is 0.446 e. The maximum absolute atomic E-state index is 12.2. The molecule has 2 rings (SSSR count). The van der Waals surface area contributed by atoms with Crippen molar-refractivity contribution in [2.24, 2.45) is 5.73 Å². The summed E-state index contributed by atoms with van der Waals surface area (Å²) in [6.45, 7) is 2.01. The molecular weight excluding hydrogens is 305 g/mol. The lowest BCUT2D eigenvalue weighted by Crippen LogP contribution is -2.47. The monoisotopic (exact) mass is 320 g/mol. The fourth-order valence-corrected chi connectivity index (χ4v) is 2.61. The van der Waals surface area contributed by atoms with Crippen LogP contribution in [0, 0.1) is 0 Å². The number of ether oxygens (including phenoxy) is 1. The molecule has 1 heterocycles. The second-order valence-corrected chi connectivity index (χ2v) is 5.83. The third kappa shape index (κ3) is 5.22. The number of amides is 1. The number of nitrogens with two attached hydrogens (primary N) is 1. The third-order valence-electron chi connectivity index (χ3n) is 3.03. The average Bonchev–Trinajstić information content (AvgIpc) is 2.40. The van der Waals surface area contributed by atoms with Crippen LogP contribution in [0.3, 0.4) is 0 Å². The molecular formula is C13H15F3N2O2S. The third-order valence-corrected chi connectivity index (χ3v) is 3.77. The highest BCUT2D eigenvalue weighted by molar-refractivity contribution is 8.00. The first-order valence-corrected chi connectivity index (χ1v) is 7.13. The van der Waals surface area contributed by atoms with Crippen molar-refractivity contribution in [1.29, 1.82) is 0 Å². The number of halogens is 3. The van der Waals surface area contributed by atoms with E-state index in [9.17, 15) is 18.0 Å². The summed E-state index contributed by atoms with van der Waals surface area (Å²) < 4.78 is 41.9. The van der Waals surface area contributed by atoms with Crippen molar-refractivity contribution in [3.8, 4) is 0 Å². The van der Waals surface area contributed by atoms with E-state index in [0.717, 1.165) is 5.56 Å². The Morgan fingerprint density at radius 1 is 1.38 bits per heavy atom. The van der Waals surface area contributed by atoms with Gasteiger partial charge in [0.25, 0.3) is 0 Å². The minimum absolute atomic E-state index is 0.135. The summed E-state index contributed by atoms with van der Waals surface area (Å²) >= 11 is -0.135. The predicted octanol–water partition coefficient (Wildman–Crippen LogP) is 1.98.